The van der Waals surface area contributed by atoms with E-state index < -0.39 is 11.9 Å². The second-order valence-electron chi connectivity index (χ2n) is 6.54. The summed E-state index contributed by atoms with van der Waals surface area (Å²) in [4.78, 5) is 25.8. The summed E-state index contributed by atoms with van der Waals surface area (Å²) in [5, 5.41) is 16.8. The lowest BCUT2D eigenvalue weighted by Crippen LogP contribution is -2.42. The SMILES string of the molecule is CN=CC(Cl)=C(N)C1N=C(Nc2nc3ccccc3o2)NC(C)=C1C(=O)Nc1nncs1. The van der Waals surface area contributed by atoms with Crippen LogP contribution in [0, 0.1) is 0 Å². The van der Waals surface area contributed by atoms with Crippen molar-refractivity contribution < 1.29 is 9.21 Å². The minimum Gasteiger partial charge on any atom is -0.423 e. The third kappa shape index (κ3) is 4.45. The maximum Gasteiger partial charge on any atom is 0.302 e. The Balaban J connectivity index is 1.68. The van der Waals surface area contributed by atoms with E-state index in [0.29, 0.717) is 21.9 Å². The molecule has 1 unspecified atom stereocenters. The Bertz CT molecular complexity index is 1240. The van der Waals surface area contributed by atoms with E-state index in [1.807, 2.05) is 18.2 Å². The molecule has 5 N–H and O–H groups in total. The van der Waals surface area contributed by atoms with Crippen LogP contribution >= 0.6 is 22.9 Å². The molecule has 3 aromatic rings. The van der Waals surface area contributed by atoms with E-state index in [-0.39, 0.29) is 28.3 Å². The average molecular weight is 472 g/mol. The monoisotopic (exact) mass is 471 g/mol. The second kappa shape index (κ2) is 9.16. The Hall–Kier alpha value is -3.77. The number of benzene rings is 1. The number of hydrogen-bond donors (Lipinski definition) is 4. The fourth-order valence-electron chi connectivity index (χ4n) is 3.00. The van der Waals surface area contributed by atoms with Crippen LogP contribution in [0.15, 0.2) is 66.2 Å². The van der Waals surface area contributed by atoms with Crippen LogP contribution in [-0.2, 0) is 4.79 Å². The van der Waals surface area contributed by atoms with Gasteiger partial charge in [-0.3, -0.25) is 20.4 Å². The second-order valence-corrected chi connectivity index (χ2v) is 7.78. The van der Waals surface area contributed by atoms with Crippen molar-refractivity contribution in [2.24, 2.45) is 15.7 Å². The fourth-order valence-corrected chi connectivity index (χ4v) is 3.64. The lowest BCUT2D eigenvalue weighted by molar-refractivity contribution is -0.113. The Kier molecular flexibility index (Phi) is 6.14. The third-order valence-corrected chi connectivity index (χ3v) is 5.32. The molecule has 1 aliphatic heterocycles. The number of amides is 1. The van der Waals surface area contributed by atoms with E-state index >= 15 is 0 Å². The summed E-state index contributed by atoms with van der Waals surface area (Å²) in [5.41, 5.74) is 10.0. The first-order chi connectivity index (χ1) is 15.5. The molecule has 0 bridgehead atoms. The van der Waals surface area contributed by atoms with Crippen LogP contribution in [0.1, 0.15) is 6.92 Å². The number of carbonyl (C=O) groups is 1. The standard InChI is InChI=1S/C19H18ClN9O2S/c1-9-13(16(30)27-19-29-23-8-32-19)15(14(21)10(20)7-22-2)26-17(24-9)28-18-25-11-5-3-4-6-12(11)31-18/h3-8,15H,21H2,1-2H3,(H,27,29,30)(H2,24,25,26,28). The lowest BCUT2D eigenvalue weighted by Gasteiger charge is -2.26. The van der Waals surface area contributed by atoms with Crippen molar-refractivity contribution in [2.45, 2.75) is 13.0 Å². The van der Waals surface area contributed by atoms with Crippen molar-refractivity contribution in [2.75, 3.05) is 17.7 Å². The molecule has 0 spiro atoms. The summed E-state index contributed by atoms with van der Waals surface area (Å²) in [5.74, 6) is -0.158. The first-order valence-electron chi connectivity index (χ1n) is 9.29. The molecule has 13 heteroatoms. The van der Waals surface area contributed by atoms with Crippen molar-refractivity contribution in [3.8, 4) is 0 Å². The number of hydrogen-bond acceptors (Lipinski definition) is 11. The predicted octanol–water partition coefficient (Wildman–Crippen LogP) is 2.44. The molecule has 2 aromatic heterocycles. The van der Waals surface area contributed by atoms with Gasteiger partial charge >= 0.3 is 6.01 Å². The van der Waals surface area contributed by atoms with Gasteiger partial charge < -0.3 is 15.5 Å². The number of aromatic nitrogens is 3. The summed E-state index contributed by atoms with van der Waals surface area (Å²) < 4.78 is 5.69. The molecule has 11 nitrogen and oxygen atoms in total. The highest BCUT2D eigenvalue weighted by Gasteiger charge is 2.32. The molecule has 1 atom stereocenters. The molecule has 32 heavy (non-hydrogen) atoms. The predicted molar refractivity (Wildman–Crippen MR) is 125 cm³/mol. The minimum atomic E-state index is -0.901. The van der Waals surface area contributed by atoms with Crippen molar-refractivity contribution in [1.82, 2.24) is 20.5 Å². The highest BCUT2D eigenvalue weighted by atomic mass is 35.5. The molecule has 3 heterocycles. The number of para-hydroxylation sites is 2. The quantitative estimate of drug-likeness (QED) is 0.413. The van der Waals surface area contributed by atoms with Gasteiger partial charge in [0.25, 0.3) is 5.91 Å². The van der Waals surface area contributed by atoms with Crippen LogP contribution in [0.4, 0.5) is 11.1 Å². The molecule has 0 aliphatic carbocycles. The fraction of sp³-hybridized carbons (Fsp3) is 0.158. The summed E-state index contributed by atoms with van der Waals surface area (Å²) in [6.07, 6.45) is 1.39. The maximum atomic E-state index is 13.0. The van der Waals surface area contributed by atoms with Crippen molar-refractivity contribution in [1.29, 1.82) is 0 Å². The Morgan fingerprint density at radius 1 is 1.41 bits per heavy atom. The van der Waals surface area contributed by atoms with Gasteiger partial charge in [0.1, 0.15) is 17.1 Å². The molecule has 4 rings (SSSR count). The van der Waals surface area contributed by atoms with E-state index in [1.54, 1.807) is 20.0 Å². The molecule has 0 saturated carbocycles. The zero-order valence-electron chi connectivity index (χ0n) is 17.0. The van der Waals surface area contributed by atoms with Crippen LogP contribution in [-0.4, -0.2) is 46.4 Å². The van der Waals surface area contributed by atoms with Gasteiger partial charge in [0.05, 0.1) is 16.3 Å². The van der Waals surface area contributed by atoms with Gasteiger partial charge in [-0.05, 0) is 19.1 Å². The molecule has 1 amide bonds. The number of allylic oxidation sites excluding steroid dienone is 2. The number of halogens is 1. The van der Waals surface area contributed by atoms with Crippen LogP contribution in [0.3, 0.4) is 0 Å². The van der Waals surface area contributed by atoms with Gasteiger partial charge in [0, 0.05) is 19.0 Å². The van der Waals surface area contributed by atoms with Crippen molar-refractivity contribution in [3.63, 3.8) is 0 Å². The van der Waals surface area contributed by atoms with E-state index in [4.69, 9.17) is 21.8 Å². The number of nitrogens with zero attached hydrogens (tertiary/aromatic N) is 5. The molecule has 0 saturated heterocycles. The van der Waals surface area contributed by atoms with Gasteiger partial charge in [-0.1, -0.05) is 35.1 Å². The topological polar surface area (TPSA) is 156 Å². The van der Waals surface area contributed by atoms with E-state index in [1.165, 1.54) is 23.1 Å². The molecule has 0 fully saturated rings. The Morgan fingerprint density at radius 2 is 2.22 bits per heavy atom. The molecular weight excluding hydrogens is 454 g/mol. The number of carbonyl (C=O) groups excluding carboxylic acids is 1. The van der Waals surface area contributed by atoms with Gasteiger partial charge in [0.2, 0.25) is 11.1 Å². The first kappa shape index (κ1) is 21.5. The average Bonchev–Trinajstić information content (AvgIpc) is 3.41. The van der Waals surface area contributed by atoms with E-state index in [0.717, 1.165) is 0 Å². The molecule has 164 valence electrons. The number of anilines is 2. The largest absolute Gasteiger partial charge is 0.423 e. The summed E-state index contributed by atoms with van der Waals surface area (Å²) in [7, 11) is 1.56. The Labute approximate surface area is 191 Å². The number of fused-ring (bicyclic) bond motifs is 1. The van der Waals surface area contributed by atoms with E-state index in [2.05, 4.69) is 41.1 Å². The zero-order valence-corrected chi connectivity index (χ0v) is 18.5. The van der Waals surface area contributed by atoms with E-state index in [9.17, 15) is 4.79 Å². The molecule has 1 aromatic carbocycles. The number of oxazole rings is 1. The number of rotatable bonds is 5. The van der Waals surface area contributed by atoms with Crippen molar-refractivity contribution >= 4 is 63.3 Å². The van der Waals surface area contributed by atoms with Gasteiger partial charge in [-0.25, -0.2) is 4.99 Å². The highest BCUT2D eigenvalue weighted by Crippen LogP contribution is 2.25. The van der Waals surface area contributed by atoms with Gasteiger partial charge in [-0.2, -0.15) is 4.98 Å². The van der Waals surface area contributed by atoms with Gasteiger partial charge in [0.15, 0.2) is 5.58 Å². The van der Waals surface area contributed by atoms with Gasteiger partial charge in [-0.15, -0.1) is 10.2 Å². The lowest BCUT2D eigenvalue weighted by atomic mass is 10.00. The van der Waals surface area contributed by atoms with Crippen LogP contribution < -0.4 is 21.7 Å². The first-order valence-corrected chi connectivity index (χ1v) is 10.5. The summed E-state index contributed by atoms with van der Waals surface area (Å²) >= 11 is 7.46. The summed E-state index contributed by atoms with van der Waals surface area (Å²) in [6, 6.07) is 6.67. The summed E-state index contributed by atoms with van der Waals surface area (Å²) in [6.45, 7) is 1.72. The number of aliphatic imine (C=N–C) groups is 2. The molecular formula is C19H18ClN9O2S. The smallest absolute Gasteiger partial charge is 0.302 e. The zero-order chi connectivity index (χ0) is 22.7. The van der Waals surface area contributed by atoms with Crippen molar-refractivity contribution in [3.05, 3.63) is 51.8 Å². The molecule has 0 radical (unpaired) electrons. The van der Waals surface area contributed by atoms with Crippen LogP contribution in [0.25, 0.3) is 11.1 Å². The number of nitrogens with two attached hydrogens (primary N) is 1. The third-order valence-electron chi connectivity index (χ3n) is 4.40. The molecule has 1 aliphatic rings. The highest BCUT2D eigenvalue weighted by molar-refractivity contribution is 7.13. The van der Waals surface area contributed by atoms with Crippen LogP contribution in [0.5, 0.6) is 0 Å². The minimum absolute atomic E-state index is 0.150. The number of guanidine groups is 1. The number of nitrogens with one attached hydrogen (secondary N) is 3. The Morgan fingerprint density at radius 3 is 2.94 bits per heavy atom. The normalized spacial score (nSPS) is 17.2. The van der Waals surface area contributed by atoms with Crippen LogP contribution in [0.2, 0.25) is 0 Å². The maximum absolute atomic E-state index is 13.0.